The third-order valence-electron chi connectivity index (χ3n) is 8.21. The molecule has 2 N–H and O–H groups in total. The predicted octanol–water partition coefficient (Wildman–Crippen LogP) is 4.16. The molecular formula is C29H27FN6O2. The number of nitrogens with two attached hydrogens (primary N) is 1. The number of aromatic nitrogens is 4. The lowest BCUT2D eigenvalue weighted by Crippen LogP contribution is -2.39. The number of primary amides is 1. The molecule has 192 valence electrons. The molecule has 1 aliphatic heterocycles. The average molecular weight is 511 g/mol. The van der Waals surface area contributed by atoms with Gasteiger partial charge in [-0.3, -0.25) is 9.59 Å². The van der Waals surface area contributed by atoms with E-state index in [4.69, 9.17) is 5.73 Å². The SMILES string of the molecule is C[C@@H]1c2ccccc2CCN1C(=O)c1cc(C2CC2)n2nc(-c3ccc([C@@H]4C[C@H]4C(N)=O)nc3F)cc2n1. The number of amides is 2. The Kier molecular flexibility index (Phi) is 5.11. The Balaban J connectivity index is 1.23. The summed E-state index contributed by atoms with van der Waals surface area (Å²) in [4.78, 5) is 35.8. The molecule has 4 heterocycles. The first-order valence-electron chi connectivity index (χ1n) is 13.1. The van der Waals surface area contributed by atoms with Gasteiger partial charge in [-0.05, 0) is 61.9 Å². The highest BCUT2D eigenvalue weighted by atomic mass is 19.1. The number of pyridine rings is 1. The Bertz CT molecular complexity index is 1630. The molecule has 2 amide bonds. The van der Waals surface area contributed by atoms with E-state index in [0.29, 0.717) is 41.6 Å². The minimum absolute atomic E-state index is 0.0466. The fraction of sp³-hybridized carbons (Fsp3) is 0.345. The van der Waals surface area contributed by atoms with Crippen molar-refractivity contribution in [1.29, 1.82) is 0 Å². The molecule has 0 saturated heterocycles. The summed E-state index contributed by atoms with van der Waals surface area (Å²) in [7, 11) is 0. The van der Waals surface area contributed by atoms with Gasteiger partial charge in [-0.15, -0.1) is 0 Å². The minimum atomic E-state index is -0.647. The summed E-state index contributed by atoms with van der Waals surface area (Å²) in [6.07, 6.45) is 3.44. The van der Waals surface area contributed by atoms with Gasteiger partial charge in [0.05, 0.1) is 17.3 Å². The molecule has 3 atom stereocenters. The first-order valence-corrected chi connectivity index (χ1v) is 13.1. The van der Waals surface area contributed by atoms with Crippen LogP contribution in [-0.4, -0.2) is 42.8 Å². The summed E-state index contributed by atoms with van der Waals surface area (Å²) in [6.45, 7) is 2.69. The van der Waals surface area contributed by atoms with Crippen LogP contribution in [0.5, 0.6) is 0 Å². The van der Waals surface area contributed by atoms with Crippen LogP contribution in [0.15, 0.2) is 48.5 Å². The van der Waals surface area contributed by atoms with Gasteiger partial charge >= 0.3 is 0 Å². The number of fused-ring (bicyclic) bond motifs is 2. The molecule has 9 heteroatoms. The highest BCUT2D eigenvalue weighted by molar-refractivity contribution is 5.93. The van der Waals surface area contributed by atoms with Crippen LogP contribution in [0.1, 0.15) is 77.1 Å². The van der Waals surface area contributed by atoms with E-state index in [1.807, 2.05) is 23.1 Å². The quantitative estimate of drug-likeness (QED) is 0.406. The molecule has 2 saturated carbocycles. The third kappa shape index (κ3) is 3.76. The maximum Gasteiger partial charge on any atom is 0.273 e. The zero-order valence-electron chi connectivity index (χ0n) is 21.0. The first kappa shape index (κ1) is 23.0. The van der Waals surface area contributed by atoms with Crippen molar-refractivity contribution in [3.05, 3.63) is 82.7 Å². The van der Waals surface area contributed by atoms with E-state index in [9.17, 15) is 9.59 Å². The van der Waals surface area contributed by atoms with Gasteiger partial charge in [0.1, 0.15) is 5.69 Å². The lowest BCUT2D eigenvalue weighted by Gasteiger charge is -2.35. The van der Waals surface area contributed by atoms with Crippen molar-refractivity contribution in [1.82, 2.24) is 24.5 Å². The van der Waals surface area contributed by atoms with Gasteiger partial charge in [0.2, 0.25) is 11.9 Å². The predicted molar refractivity (Wildman–Crippen MR) is 138 cm³/mol. The van der Waals surface area contributed by atoms with Crippen molar-refractivity contribution in [2.75, 3.05) is 6.54 Å². The second-order valence-electron chi connectivity index (χ2n) is 10.7. The summed E-state index contributed by atoms with van der Waals surface area (Å²) in [5, 5.41) is 4.67. The van der Waals surface area contributed by atoms with Crippen LogP contribution in [-0.2, 0) is 11.2 Å². The minimum Gasteiger partial charge on any atom is -0.369 e. The molecule has 2 fully saturated rings. The number of carbonyl (C=O) groups is 2. The van der Waals surface area contributed by atoms with E-state index in [0.717, 1.165) is 25.0 Å². The van der Waals surface area contributed by atoms with Crippen LogP contribution in [0.3, 0.4) is 0 Å². The molecular weight excluding hydrogens is 483 g/mol. The molecule has 4 aromatic rings. The molecule has 0 spiro atoms. The van der Waals surface area contributed by atoms with E-state index in [1.54, 1.807) is 22.7 Å². The molecule has 0 unspecified atom stereocenters. The largest absolute Gasteiger partial charge is 0.369 e. The molecule has 1 aromatic carbocycles. The molecule has 0 radical (unpaired) electrons. The number of nitrogens with zero attached hydrogens (tertiary/aromatic N) is 5. The molecule has 8 nitrogen and oxygen atoms in total. The Morgan fingerprint density at radius 2 is 1.89 bits per heavy atom. The lowest BCUT2D eigenvalue weighted by atomic mass is 9.93. The van der Waals surface area contributed by atoms with Gasteiger partial charge in [0.25, 0.3) is 5.91 Å². The summed E-state index contributed by atoms with van der Waals surface area (Å²) in [6, 6.07) is 15.1. The van der Waals surface area contributed by atoms with Crippen molar-refractivity contribution in [2.45, 2.75) is 50.5 Å². The maximum atomic E-state index is 15.1. The molecule has 2 aliphatic carbocycles. The first-order chi connectivity index (χ1) is 18.4. The van der Waals surface area contributed by atoms with Crippen LogP contribution in [0.2, 0.25) is 0 Å². The van der Waals surface area contributed by atoms with Gasteiger partial charge in [0.15, 0.2) is 5.65 Å². The molecule has 38 heavy (non-hydrogen) atoms. The Morgan fingerprint density at radius 3 is 2.63 bits per heavy atom. The van der Waals surface area contributed by atoms with Crippen molar-refractivity contribution in [3.63, 3.8) is 0 Å². The second kappa shape index (κ2) is 8.44. The molecule has 3 aromatic heterocycles. The van der Waals surface area contributed by atoms with Crippen LogP contribution < -0.4 is 5.73 Å². The van der Waals surface area contributed by atoms with Crippen LogP contribution in [0.25, 0.3) is 16.9 Å². The highest BCUT2D eigenvalue weighted by Gasteiger charge is 2.44. The Labute approximate surface area is 218 Å². The number of hydrogen-bond donors (Lipinski definition) is 1. The normalized spacial score (nSPS) is 22.4. The number of rotatable bonds is 5. The van der Waals surface area contributed by atoms with Gasteiger partial charge in [-0.2, -0.15) is 9.49 Å². The van der Waals surface area contributed by atoms with Crippen LogP contribution in [0.4, 0.5) is 4.39 Å². The molecule has 3 aliphatic rings. The fourth-order valence-corrected chi connectivity index (χ4v) is 5.79. The third-order valence-corrected chi connectivity index (χ3v) is 8.21. The van der Waals surface area contributed by atoms with E-state index < -0.39 is 5.95 Å². The monoisotopic (exact) mass is 510 g/mol. The van der Waals surface area contributed by atoms with Crippen molar-refractivity contribution in [3.8, 4) is 11.3 Å². The van der Waals surface area contributed by atoms with Crippen LogP contribution >= 0.6 is 0 Å². The van der Waals surface area contributed by atoms with Crippen molar-refractivity contribution >= 4 is 17.5 Å². The summed E-state index contributed by atoms with van der Waals surface area (Å²) in [5.41, 5.74) is 10.8. The van der Waals surface area contributed by atoms with Gasteiger partial charge < -0.3 is 10.6 Å². The Hall–Kier alpha value is -4.14. The maximum absolute atomic E-state index is 15.1. The zero-order chi connectivity index (χ0) is 26.1. The summed E-state index contributed by atoms with van der Waals surface area (Å²) < 4.78 is 16.8. The van der Waals surface area contributed by atoms with Crippen LogP contribution in [0, 0.1) is 11.9 Å². The molecule has 0 bridgehead atoms. The highest BCUT2D eigenvalue weighted by Crippen LogP contribution is 2.47. The fourth-order valence-electron chi connectivity index (χ4n) is 5.79. The van der Waals surface area contributed by atoms with Crippen molar-refractivity contribution < 1.29 is 14.0 Å². The van der Waals surface area contributed by atoms with Crippen molar-refractivity contribution in [2.24, 2.45) is 11.7 Å². The second-order valence-corrected chi connectivity index (χ2v) is 10.7. The summed E-state index contributed by atoms with van der Waals surface area (Å²) in [5.74, 6) is -1.24. The van der Waals surface area contributed by atoms with Gasteiger partial charge in [-0.25, -0.2) is 14.5 Å². The van der Waals surface area contributed by atoms with E-state index in [-0.39, 0.29) is 35.3 Å². The number of carbonyl (C=O) groups excluding carboxylic acids is 2. The van der Waals surface area contributed by atoms with Gasteiger partial charge in [-0.1, -0.05) is 24.3 Å². The zero-order valence-corrected chi connectivity index (χ0v) is 21.0. The topological polar surface area (TPSA) is 106 Å². The average Bonchev–Trinajstić information content (AvgIpc) is 3.84. The van der Waals surface area contributed by atoms with E-state index in [1.165, 1.54) is 11.1 Å². The standard InChI is InChI=1S/C29H27FN6O2/c1-15-18-5-3-2-4-16(18)10-11-35(15)29(38)24-13-25(17-6-7-17)36-26(32-24)14-23(34-36)19-8-9-22(33-27(19)30)20-12-21(20)28(31)37/h2-5,8-9,13-15,17,20-21H,6-7,10-12H2,1H3,(H2,31,37)/t15-,20-,21-/m1/s1. The number of halogens is 1. The molecule has 7 rings (SSSR count). The number of benzene rings is 1. The smallest absolute Gasteiger partial charge is 0.273 e. The van der Waals surface area contributed by atoms with E-state index >= 15 is 4.39 Å². The van der Waals surface area contributed by atoms with E-state index in [2.05, 4.69) is 34.1 Å². The lowest BCUT2D eigenvalue weighted by molar-refractivity contribution is -0.119. The number of hydrogen-bond acceptors (Lipinski definition) is 5. The van der Waals surface area contributed by atoms with Gasteiger partial charge in [0, 0.05) is 41.8 Å². The Morgan fingerprint density at radius 1 is 1.08 bits per heavy atom. The summed E-state index contributed by atoms with van der Waals surface area (Å²) >= 11 is 0.